The Morgan fingerprint density at radius 3 is 2.72 bits per heavy atom. The number of hydrogen-bond donors (Lipinski definition) is 1. The molecule has 0 atom stereocenters. The summed E-state index contributed by atoms with van der Waals surface area (Å²) in [6.45, 7) is 2.28. The van der Waals surface area contributed by atoms with Crippen molar-refractivity contribution in [2.75, 3.05) is 19.0 Å². The number of aromatic nitrogens is 1. The summed E-state index contributed by atoms with van der Waals surface area (Å²) in [4.78, 5) is 0. The molecule has 1 aliphatic rings. The number of alkyl halides is 1. The average molecular weight is 321 g/mol. The fourth-order valence-electron chi connectivity index (χ4n) is 1.52. The third kappa shape index (κ3) is 4.25. The van der Waals surface area contributed by atoms with Gasteiger partial charge in [0, 0.05) is 12.6 Å². The number of aryl methyl sites for hydroxylation is 1. The van der Waals surface area contributed by atoms with Crippen LogP contribution < -0.4 is 5.32 Å². The Balaban J connectivity index is 0.000000771. The molecule has 0 spiro atoms. The molecule has 0 fully saturated rings. The van der Waals surface area contributed by atoms with Crippen LogP contribution >= 0.6 is 15.9 Å². The van der Waals surface area contributed by atoms with Crippen LogP contribution in [0.5, 0.6) is 0 Å². The Kier molecular flexibility index (Phi) is 6.04. The van der Waals surface area contributed by atoms with Gasteiger partial charge in [0.15, 0.2) is 5.82 Å². The maximum absolute atomic E-state index is 13.5. The zero-order valence-electron chi connectivity index (χ0n) is 10.3. The largest absolute Gasteiger partial charge is 0.363 e. The van der Waals surface area contributed by atoms with Crippen molar-refractivity contribution in [3.8, 4) is 0 Å². The van der Waals surface area contributed by atoms with Crippen molar-refractivity contribution >= 4 is 21.7 Å². The molecule has 0 amide bonds. The first-order valence-electron chi connectivity index (χ1n) is 5.44. The fourth-order valence-corrected chi connectivity index (χ4v) is 1.92. The molecule has 0 aliphatic heterocycles. The number of nitrogens with zero attached hydrogens (tertiary/aromatic N) is 1. The molecule has 1 aromatic rings. The van der Waals surface area contributed by atoms with Gasteiger partial charge in [-0.3, -0.25) is 4.39 Å². The highest BCUT2D eigenvalue weighted by Gasteiger charge is 2.12. The minimum atomic E-state index is -0.161. The highest BCUT2D eigenvalue weighted by Crippen LogP contribution is 2.28. The number of hydrogen-bond acceptors (Lipinski definition) is 3. The third-order valence-electron chi connectivity index (χ3n) is 2.40. The van der Waals surface area contributed by atoms with E-state index in [4.69, 9.17) is 4.52 Å². The van der Waals surface area contributed by atoms with Crippen LogP contribution in [0.25, 0.3) is 0 Å². The van der Waals surface area contributed by atoms with Crippen molar-refractivity contribution in [2.45, 2.75) is 19.8 Å². The van der Waals surface area contributed by atoms with Crippen molar-refractivity contribution in [2.24, 2.45) is 0 Å². The lowest BCUT2D eigenvalue weighted by atomic mass is 10.0. The second-order valence-corrected chi connectivity index (χ2v) is 4.74. The standard InChI is InChI=1S/C11H12BrFN2O.CH3F/c1-7-4-11(15-16-7)14-6-8-2-3-9(12)5-10(8)13;1-2/h4-5H,2-3,6H2,1H3,(H,14,15);1H3. The lowest BCUT2D eigenvalue weighted by molar-refractivity contribution is 0.400. The molecule has 0 aromatic carbocycles. The summed E-state index contributed by atoms with van der Waals surface area (Å²) in [5.41, 5.74) is 0.767. The Hall–Kier alpha value is -1.17. The van der Waals surface area contributed by atoms with E-state index < -0.39 is 0 Å². The molecular weight excluding hydrogens is 306 g/mol. The molecule has 18 heavy (non-hydrogen) atoms. The van der Waals surface area contributed by atoms with Gasteiger partial charge in [0.05, 0.1) is 7.18 Å². The van der Waals surface area contributed by atoms with Gasteiger partial charge in [0.2, 0.25) is 0 Å². The molecule has 1 heterocycles. The van der Waals surface area contributed by atoms with Gasteiger partial charge in [-0.1, -0.05) is 21.1 Å². The quantitative estimate of drug-likeness (QED) is 0.903. The van der Waals surface area contributed by atoms with Gasteiger partial charge in [0.25, 0.3) is 0 Å². The number of allylic oxidation sites excluding steroid dienone is 3. The molecule has 2 rings (SSSR count). The second-order valence-electron chi connectivity index (χ2n) is 3.72. The molecule has 3 nitrogen and oxygen atoms in total. The number of nitrogens with one attached hydrogen (secondary N) is 1. The number of halogens is 3. The van der Waals surface area contributed by atoms with Crippen LogP contribution in [0.3, 0.4) is 0 Å². The van der Waals surface area contributed by atoms with E-state index in [2.05, 4.69) is 26.4 Å². The predicted octanol–water partition coefficient (Wildman–Crippen LogP) is 4.28. The zero-order chi connectivity index (χ0) is 13.5. The smallest absolute Gasteiger partial charge is 0.169 e. The SMILES string of the molecule is CF.Cc1cc(NCC2=C(F)C=C(Br)CC2)no1. The summed E-state index contributed by atoms with van der Waals surface area (Å²) in [5, 5.41) is 6.82. The van der Waals surface area contributed by atoms with Crippen LogP contribution in [-0.4, -0.2) is 18.9 Å². The van der Waals surface area contributed by atoms with Crippen LogP contribution in [-0.2, 0) is 0 Å². The minimum Gasteiger partial charge on any atom is -0.363 e. The summed E-state index contributed by atoms with van der Waals surface area (Å²) < 4.78 is 28.8. The summed E-state index contributed by atoms with van der Waals surface area (Å²) in [6.07, 6.45) is 3.10. The van der Waals surface area contributed by atoms with Crippen LogP contribution in [0.4, 0.5) is 14.6 Å². The lowest BCUT2D eigenvalue weighted by Gasteiger charge is -2.13. The summed E-state index contributed by atoms with van der Waals surface area (Å²) >= 11 is 3.29. The van der Waals surface area contributed by atoms with Crippen LogP contribution in [0.1, 0.15) is 18.6 Å². The van der Waals surface area contributed by atoms with Crippen LogP contribution in [0.15, 0.2) is 32.5 Å². The van der Waals surface area contributed by atoms with Gasteiger partial charge in [0.1, 0.15) is 11.6 Å². The Bertz CT molecular complexity index is 455. The van der Waals surface area contributed by atoms with E-state index in [1.807, 2.05) is 6.92 Å². The molecule has 1 N–H and O–H groups in total. The molecule has 1 aliphatic carbocycles. The second kappa shape index (κ2) is 7.31. The molecule has 1 aromatic heterocycles. The van der Waals surface area contributed by atoms with Crippen LogP contribution in [0.2, 0.25) is 0 Å². The van der Waals surface area contributed by atoms with Gasteiger partial charge in [-0.2, -0.15) is 0 Å². The first-order chi connectivity index (χ1) is 8.65. The maximum Gasteiger partial charge on any atom is 0.169 e. The van der Waals surface area contributed by atoms with E-state index in [-0.39, 0.29) is 5.83 Å². The summed E-state index contributed by atoms with van der Waals surface area (Å²) in [5.74, 6) is 1.22. The number of rotatable bonds is 3. The van der Waals surface area contributed by atoms with E-state index >= 15 is 0 Å². The van der Waals surface area contributed by atoms with Gasteiger partial charge < -0.3 is 9.84 Å². The van der Waals surface area contributed by atoms with E-state index in [9.17, 15) is 8.78 Å². The minimum absolute atomic E-state index is 0.161. The van der Waals surface area contributed by atoms with Crippen molar-refractivity contribution in [1.29, 1.82) is 0 Å². The van der Waals surface area contributed by atoms with Crippen molar-refractivity contribution in [3.63, 3.8) is 0 Å². The normalized spacial score (nSPS) is 14.8. The molecule has 0 unspecified atom stereocenters. The molecule has 0 saturated heterocycles. The van der Waals surface area contributed by atoms with E-state index in [1.165, 1.54) is 6.08 Å². The molecule has 6 heteroatoms. The lowest BCUT2D eigenvalue weighted by Crippen LogP contribution is -2.08. The molecule has 0 saturated carbocycles. The van der Waals surface area contributed by atoms with Gasteiger partial charge >= 0.3 is 0 Å². The van der Waals surface area contributed by atoms with Gasteiger partial charge in [-0.05, 0) is 35.9 Å². The molecule has 0 bridgehead atoms. The molecule has 100 valence electrons. The molecular formula is C12H15BrF2N2O. The van der Waals surface area contributed by atoms with Crippen molar-refractivity contribution < 1.29 is 13.3 Å². The van der Waals surface area contributed by atoms with Gasteiger partial charge in [-0.15, -0.1) is 0 Å². The third-order valence-corrected chi connectivity index (χ3v) is 3.02. The van der Waals surface area contributed by atoms with E-state index in [0.717, 1.165) is 28.7 Å². The first-order valence-corrected chi connectivity index (χ1v) is 6.23. The number of anilines is 1. The highest BCUT2D eigenvalue weighted by molar-refractivity contribution is 9.11. The predicted molar refractivity (Wildman–Crippen MR) is 71.1 cm³/mol. The maximum atomic E-state index is 13.5. The van der Waals surface area contributed by atoms with Gasteiger partial charge in [-0.25, -0.2) is 4.39 Å². The van der Waals surface area contributed by atoms with Crippen LogP contribution in [0, 0.1) is 6.92 Å². The topological polar surface area (TPSA) is 38.1 Å². The monoisotopic (exact) mass is 320 g/mol. The highest BCUT2D eigenvalue weighted by atomic mass is 79.9. The molecule has 0 radical (unpaired) electrons. The van der Waals surface area contributed by atoms with E-state index in [0.29, 0.717) is 19.5 Å². The Morgan fingerprint density at radius 2 is 2.17 bits per heavy atom. The van der Waals surface area contributed by atoms with Crippen molar-refractivity contribution in [3.05, 3.63) is 33.8 Å². The average Bonchev–Trinajstić information content (AvgIpc) is 2.77. The summed E-state index contributed by atoms with van der Waals surface area (Å²) in [6, 6.07) is 1.78. The summed E-state index contributed by atoms with van der Waals surface area (Å²) in [7, 11) is 0.500. The van der Waals surface area contributed by atoms with E-state index in [1.54, 1.807) is 6.07 Å². The Labute approximate surface area is 113 Å². The zero-order valence-corrected chi connectivity index (χ0v) is 11.9. The Morgan fingerprint density at radius 1 is 1.44 bits per heavy atom. The fraction of sp³-hybridized carbons (Fsp3) is 0.417. The first kappa shape index (κ1) is 14.9. The van der Waals surface area contributed by atoms with Crippen molar-refractivity contribution in [1.82, 2.24) is 5.16 Å².